The van der Waals surface area contributed by atoms with E-state index in [4.69, 9.17) is 5.73 Å². The van der Waals surface area contributed by atoms with Crippen molar-refractivity contribution < 1.29 is 0 Å². The first-order valence-corrected chi connectivity index (χ1v) is 5.29. The van der Waals surface area contributed by atoms with Crippen LogP contribution >= 0.6 is 0 Å². The van der Waals surface area contributed by atoms with Crippen LogP contribution in [0.1, 0.15) is 5.69 Å². The minimum Gasteiger partial charge on any atom is -0.399 e. The van der Waals surface area contributed by atoms with Crippen molar-refractivity contribution in [3.05, 3.63) is 42.1 Å². The molecular formula is C12H11N5. The standard InChI is InChI=1S/C12H11N5/c1-8-2-7-11-14-15-12(17(11)16-8)9-3-5-10(13)6-4-9/h2-7H,13H2,1H3. The van der Waals surface area contributed by atoms with Crippen LogP contribution in [0.25, 0.3) is 17.0 Å². The lowest BCUT2D eigenvalue weighted by atomic mass is 10.2. The van der Waals surface area contributed by atoms with Gasteiger partial charge in [-0.05, 0) is 43.3 Å². The zero-order valence-electron chi connectivity index (χ0n) is 9.33. The SMILES string of the molecule is Cc1ccc2nnc(-c3ccc(N)cc3)n2n1. The van der Waals surface area contributed by atoms with Crippen molar-refractivity contribution in [3.8, 4) is 11.4 Å². The molecule has 2 N–H and O–H groups in total. The van der Waals surface area contributed by atoms with Crippen LogP contribution < -0.4 is 5.73 Å². The van der Waals surface area contributed by atoms with Gasteiger partial charge in [0.2, 0.25) is 0 Å². The van der Waals surface area contributed by atoms with Crippen LogP contribution in [0.15, 0.2) is 36.4 Å². The van der Waals surface area contributed by atoms with Crippen molar-refractivity contribution in [2.75, 3.05) is 5.73 Å². The average molecular weight is 225 g/mol. The smallest absolute Gasteiger partial charge is 0.185 e. The highest BCUT2D eigenvalue weighted by atomic mass is 15.4. The number of rotatable bonds is 1. The second-order valence-corrected chi connectivity index (χ2v) is 3.89. The number of nitrogens with two attached hydrogens (primary N) is 1. The minimum absolute atomic E-state index is 0.726. The van der Waals surface area contributed by atoms with E-state index in [1.54, 1.807) is 4.52 Å². The number of fused-ring (bicyclic) bond motifs is 1. The molecule has 3 aromatic rings. The molecule has 0 aliphatic heterocycles. The number of aryl methyl sites for hydroxylation is 1. The predicted octanol–water partition coefficient (Wildman–Crippen LogP) is 1.68. The normalized spacial score (nSPS) is 10.9. The first-order valence-electron chi connectivity index (χ1n) is 5.29. The third-order valence-corrected chi connectivity index (χ3v) is 2.57. The van der Waals surface area contributed by atoms with Gasteiger partial charge in [0.05, 0.1) is 5.69 Å². The molecule has 0 saturated heterocycles. The Morgan fingerprint density at radius 1 is 1.00 bits per heavy atom. The molecule has 5 heteroatoms. The Balaban J connectivity index is 2.23. The molecular weight excluding hydrogens is 214 g/mol. The molecule has 2 heterocycles. The monoisotopic (exact) mass is 225 g/mol. The summed E-state index contributed by atoms with van der Waals surface area (Å²) in [5.74, 6) is 0.726. The van der Waals surface area contributed by atoms with Crippen LogP contribution in [-0.2, 0) is 0 Å². The van der Waals surface area contributed by atoms with E-state index in [-0.39, 0.29) is 0 Å². The summed E-state index contributed by atoms with van der Waals surface area (Å²) < 4.78 is 1.74. The third-order valence-electron chi connectivity index (χ3n) is 2.57. The lowest BCUT2D eigenvalue weighted by Crippen LogP contribution is -1.96. The van der Waals surface area contributed by atoms with Gasteiger partial charge in [-0.25, -0.2) is 0 Å². The van der Waals surface area contributed by atoms with Gasteiger partial charge in [-0.2, -0.15) is 9.61 Å². The molecule has 0 amide bonds. The van der Waals surface area contributed by atoms with Crippen molar-refractivity contribution in [1.82, 2.24) is 19.8 Å². The molecule has 0 aliphatic carbocycles. The van der Waals surface area contributed by atoms with E-state index >= 15 is 0 Å². The highest BCUT2D eigenvalue weighted by molar-refractivity contribution is 5.61. The van der Waals surface area contributed by atoms with Crippen molar-refractivity contribution >= 4 is 11.3 Å². The van der Waals surface area contributed by atoms with Gasteiger partial charge in [0.1, 0.15) is 0 Å². The van der Waals surface area contributed by atoms with E-state index in [1.165, 1.54) is 0 Å². The first kappa shape index (κ1) is 9.77. The highest BCUT2D eigenvalue weighted by Crippen LogP contribution is 2.18. The molecule has 0 fully saturated rings. The van der Waals surface area contributed by atoms with Gasteiger partial charge in [0.15, 0.2) is 11.5 Å². The molecule has 0 bridgehead atoms. The average Bonchev–Trinajstić information content (AvgIpc) is 2.73. The lowest BCUT2D eigenvalue weighted by Gasteiger charge is -2.00. The van der Waals surface area contributed by atoms with Crippen LogP contribution in [0.5, 0.6) is 0 Å². The number of aromatic nitrogens is 4. The van der Waals surface area contributed by atoms with E-state index in [9.17, 15) is 0 Å². The zero-order chi connectivity index (χ0) is 11.8. The van der Waals surface area contributed by atoms with Gasteiger partial charge in [-0.15, -0.1) is 10.2 Å². The molecule has 0 aliphatic rings. The summed E-state index contributed by atoms with van der Waals surface area (Å²) in [6.45, 7) is 1.94. The van der Waals surface area contributed by atoms with E-state index in [0.29, 0.717) is 0 Å². The van der Waals surface area contributed by atoms with Gasteiger partial charge in [-0.3, -0.25) is 0 Å². The molecule has 0 unspecified atom stereocenters. The van der Waals surface area contributed by atoms with Crippen LogP contribution in [0, 0.1) is 6.92 Å². The van der Waals surface area contributed by atoms with Gasteiger partial charge in [-0.1, -0.05) is 0 Å². The quantitative estimate of drug-likeness (QED) is 0.640. The van der Waals surface area contributed by atoms with Crippen LogP contribution in [0.2, 0.25) is 0 Å². The Kier molecular flexibility index (Phi) is 2.04. The van der Waals surface area contributed by atoms with Crippen molar-refractivity contribution in [2.45, 2.75) is 6.92 Å². The number of nitrogens with zero attached hydrogens (tertiary/aromatic N) is 4. The maximum absolute atomic E-state index is 5.66. The fraction of sp³-hybridized carbons (Fsp3) is 0.0833. The van der Waals surface area contributed by atoms with Crippen molar-refractivity contribution in [2.24, 2.45) is 0 Å². The van der Waals surface area contributed by atoms with Gasteiger partial charge in [0.25, 0.3) is 0 Å². The molecule has 3 rings (SSSR count). The predicted molar refractivity (Wildman–Crippen MR) is 65.4 cm³/mol. The molecule has 0 atom stereocenters. The highest BCUT2D eigenvalue weighted by Gasteiger charge is 2.08. The van der Waals surface area contributed by atoms with Gasteiger partial charge in [0, 0.05) is 11.3 Å². The Labute approximate surface area is 97.9 Å². The first-order chi connectivity index (χ1) is 8.24. The number of hydrogen-bond donors (Lipinski definition) is 1. The number of benzene rings is 1. The Morgan fingerprint density at radius 2 is 1.76 bits per heavy atom. The van der Waals surface area contributed by atoms with E-state index in [2.05, 4.69) is 15.3 Å². The third kappa shape index (κ3) is 1.61. The van der Waals surface area contributed by atoms with Gasteiger partial charge < -0.3 is 5.73 Å². The second-order valence-electron chi connectivity index (χ2n) is 3.89. The summed E-state index contributed by atoms with van der Waals surface area (Å²) in [6.07, 6.45) is 0. The molecule has 84 valence electrons. The Morgan fingerprint density at radius 3 is 2.53 bits per heavy atom. The molecule has 0 radical (unpaired) electrons. The summed E-state index contributed by atoms with van der Waals surface area (Å²) in [4.78, 5) is 0. The molecule has 17 heavy (non-hydrogen) atoms. The van der Waals surface area contributed by atoms with Crippen molar-refractivity contribution in [3.63, 3.8) is 0 Å². The summed E-state index contributed by atoms with van der Waals surface area (Å²) in [6, 6.07) is 11.3. The van der Waals surface area contributed by atoms with Crippen molar-refractivity contribution in [1.29, 1.82) is 0 Å². The summed E-state index contributed by atoms with van der Waals surface area (Å²) in [5.41, 5.74) is 9.00. The number of hydrogen-bond acceptors (Lipinski definition) is 4. The number of nitrogen functional groups attached to an aromatic ring is 1. The fourth-order valence-corrected chi connectivity index (χ4v) is 1.69. The minimum atomic E-state index is 0.726. The maximum Gasteiger partial charge on any atom is 0.185 e. The molecule has 1 aromatic carbocycles. The molecule has 0 spiro atoms. The zero-order valence-corrected chi connectivity index (χ0v) is 9.33. The van der Waals surface area contributed by atoms with Crippen LogP contribution in [0.4, 0.5) is 5.69 Å². The van der Waals surface area contributed by atoms with E-state index in [0.717, 1.165) is 28.4 Å². The lowest BCUT2D eigenvalue weighted by molar-refractivity contribution is 0.902. The summed E-state index contributed by atoms with van der Waals surface area (Å²) >= 11 is 0. The maximum atomic E-state index is 5.66. The summed E-state index contributed by atoms with van der Waals surface area (Å²) in [5, 5.41) is 12.6. The molecule has 5 nitrogen and oxygen atoms in total. The van der Waals surface area contributed by atoms with E-state index in [1.807, 2.05) is 43.3 Å². The summed E-state index contributed by atoms with van der Waals surface area (Å²) in [7, 11) is 0. The molecule has 0 saturated carbocycles. The second kappa shape index (κ2) is 3.55. The Bertz CT molecular complexity index is 669. The fourth-order valence-electron chi connectivity index (χ4n) is 1.69. The number of anilines is 1. The topological polar surface area (TPSA) is 69.1 Å². The molecule has 2 aromatic heterocycles. The Hall–Kier alpha value is -2.43. The van der Waals surface area contributed by atoms with E-state index < -0.39 is 0 Å². The largest absolute Gasteiger partial charge is 0.399 e. The van der Waals surface area contributed by atoms with Crippen LogP contribution in [-0.4, -0.2) is 19.8 Å². The van der Waals surface area contributed by atoms with Gasteiger partial charge >= 0.3 is 0 Å². The van der Waals surface area contributed by atoms with Crippen LogP contribution in [0.3, 0.4) is 0 Å².